The fourth-order valence-electron chi connectivity index (χ4n) is 1.84. The van der Waals surface area contributed by atoms with Gasteiger partial charge in [0.2, 0.25) is 0 Å². The summed E-state index contributed by atoms with van der Waals surface area (Å²) in [7, 11) is 1.75. The van der Waals surface area contributed by atoms with Crippen LogP contribution < -0.4 is 0 Å². The van der Waals surface area contributed by atoms with Crippen LogP contribution in [0, 0.1) is 5.92 Å². The van der Waals surface area contributed by atoms with Crippen molar-refractivity contribution in [2.75, 3.05) is 46.6 Å². The van der Waals surface area contributed by atoms with E-state index in [1.54, 1.807) is 7.11 Å². The average molecular weight is 259 g/mol. The summed E-state index contributed by atoms with van der Waals surface area (Å²) in [6, 6.07) is 0. The van der Waals surface area contributed by atoms with Crippen molar-refractivity contribution in [2.24, 2.45) is 5.92 Å². The van der Waals surface area contributed by atoms with Crippen LogP contribution in [0.4, 0.5) is 0 Å². The highest BCUT2D eigenvalue weighted by Crippen LogP contribution is 2.02. The molecule has 0 saturated carbocycles. The maximum atomic E-state index is 5.24. The van der Waals surface area contributed by atoms with Gasteiger partial charge in [0.15, 0.2) is 0 Å². The third kappa shape index (κ3) is 12.3. The lowest BCUT2D eigenvalue weighted by Crippen LogP contribution is -2.36. The van der Waals surface area contributed by atoms with Crippen LogP contribution in [0.25, 0.3) is 0 Å². The van der Waals surface area contributed by atoms with Gasteiger partial charge in [-0.05, 0) is 31.7 Å². The van der Waals surface area contributed by atoms with E-state index in [9.17, 15) is 0 Å². The van der Waals surface area contributed by atoms with Gasteiger partial charge in [-0.1, -0.05) is 27.2 Å². The summed E-state index contributed by atoms with van der Waals surface area (Å²) in [5.41, 5.74) is 0. The van der Waals surface area contributed by atoms with Gasteiger partial charge in [-0.15, -0.1) is 0 Å². The minimum Gasteiger partial charge on any atom is -0.385 e. The van der Waals surface area contributed by atoms with Crippen molar-refractivity contribution in [1.29, 1.82) is 0 Å². The minimum atomic E-state index is 0.824. The molecule has 3 heteroatoms. The molecule has 0 aromatic heterocycles. The van der Waals surface area contributed by atoms with E-state index in [-0.39, 0.29) is 0 Å². The molecular weight excluding hydrogens is 226 g/mol. The maximum Gasteiger partial charge on any atom is 0.0594 e. The summed E-state index contributed by atoms with van der Waals surface area (Å²) in [6.07, 6.45) is 5.12. The van der Waals surface area contributed by atoms with Crippen LogP contribution in [0.3, 0.4) is 0 Å². The monoisotopic (exact) mass is 259 g/mol. The molecule has 0 unspecified atom stereocenters. The molecule has 110 valence electrons. The van der Waals surface area contributed by atoms with Crippen LogP contribution in [-0.4, -0.2) is 51.5 Å². The van der Waals surface area contributed by atoms with Gasteiger partial charge in [0.1, 0.15) is 0 Å². The Labute approximate surface area is 114 Å². The molecule has 1 rings (SSSR count). The predicted octanol–water partition coefficient (Wildman–Crippen LogP) is 3.19. The van der Waals surface area contributed by atoms with Crippen molar-refractivity contribution in [3.63, 3.8) is 0 Å². The summed E-state index contributed by atoms with van der Waals surface area (Å²) in [6.45, 7) is 13.0. The number of ether oxygens (including phenoxy) is 2. The normalized spacial score (nSPS) is 16.5. The predicted molar refractivity (Wildman–Crippen MR) is 78.1 cm³/mol. The topological polar surface area (TPSA) is 21.7 Å². The fraction of sp³-hybridized carbons (Fsp3) is 1.00. The van der Waals surface area contributed by atoms with Crippen molar-refractivity contribution in [3.8, 4) is 0 Å². The number of rotatable bonds is 7. The molecule has 1 aliphatic rings. The van der Waals surface area contributed by atoms with Gasteiger partial charge in [0.05, 0.1) is 13.2 Å². The summed E-state index contributed by atoms with van der Waals surface area (Å²) < 4.78 is 10.1. The summed E-state index contributed by atoms with van der Waals surface area (Å²) >= 11 is 0. The van der Waals surface area contributed by atoms with Crippen molar-refractivity contribution < 1.29 is 9.47 Å². The lowest BCUT2D eigenvalue weighted by atomic mass is 10.1. The first-order valence-corrected chi connectivity index (χ1v) is 7.49. The summed E-state index contributed by atoms with van der Waals surface area (Å²) in [5.74, 6) is 0.824. The zero-order valence-electron chi connectivity index (χ0n) is 12.9. The molecule has 0 aromatic rings. The van der Waals surface area contributed by atoms with Gasteiger partial charge >= 0.3 is 0 Å². The van der Waals surface area contributed by atoms with Gasteiger partial charge in [0, 0.05) is 26.8 Å². The molecule has 18 heavy (non-hydrogen) atoms. The number of unbranched alkanes of at least 4 members (excludes halogenated alkanes) is 1. The third-order valence-corrected chi connectivity index (χ3v) is 3.06. The standard InChI is InChI=1S/C8H17NO.C7H16O/c1-2-3-4-9-5-7-10-8-6-9;1-7(2)5-4-6-8-3/h2-8H2,1H3;7H,4-6H2,1-3H3. The van der Waals surface area contributed by atoms with E-state index in [1.807, 2.05) is 0 Å². The first-order chi connectivity index (χ1) is 8.70. The van der Waals surface area contributed by atoms with E-state index in [0.717, 1.165) is 38.8 Å². The van der Waals surface area contributed by atoms with Crippen molar-refractivity contribution in [2.45, 2.75) is 46.5 Å². The fourth-order valence-corrected chi connectivity index (χ4v) is 1.84. The maximum absolute atomic E-state index is 5.24. The molecule has 1 heterocycles. The second-order valence-electron chi connectivity index (χ2n) is 5.34. The molecule has 0 amide bonds. The second-order valence-corrected chi connectivity index (χ2v) is 5.34. The van der Waals surface area contributed by atoms with Crippen LogP contribution in [-0.2, 0) is 9.47 Å². The van der Waals surface area contributed by atoms with Crippen LogP contribution >= 0.6 is 0 Å². The number of morpholine rings is 1. The molecule has 0 N–H and O–H groups in total. The lowest BCUT2D eigenvalue weighted by Gasteiger charge is -2.26. The molecule has 3 nitrogen and oxygen atoms in total. The number of hydrogen-bond donors (Lipinski definition) is 0. The molecule has 0 atom stereocenters. The molecule has 0 radical (unpaired) electrons. The Hall–Kier alpha value is -0.120. The van der Waals surface area contributed by atoms with Gasteiger partial charge in [0.25, 0.3) is 0 Å². The summed E-state index contributed by atoms with van der Waals surface area (Å²) in [5, 5.41) is 0. The Morgan fingerprint density at radius 1 is 1.17 bits per heavy atom. The molecule has 1 fully saturated rings. The molecule has 0 bridgehead atoms. The van der Waals surface area contributed by atoms with Crippen LogP contribution in [0.5, 0.6) is 0 Å². The smallest absolute Gasteiger partial charge is 0.0594 e. The highest BCUT2D eigenvalue weighted by Gasteiger charge is 2.07. The van der Waals surface area contributed by atoms with Crippen LogP contribution in [0.2, 0.25) is 0 Å². The van der Waals surface area contributed by atoms with Crippen LogP contribution in [0.1, 0.15) is 46.5 Å². The zero-order chi connectivity index (χ0) is 13.6. The van der Waals surface area contributed by atoms with Crippen LogP contribution in [0.15, 0.2) is 0 Å². The quantitative estimate of drug-likeness (QED) is 0.655. The number of methoxy groups -OCH3 is 1. The van der Waals surface area contributed by atoms with E-state index in [0.29, 0.717) is 0 Å². The first-order valence-electron chi connectivity index (χ1n) is 7.49. The van der Waals surface area contributed by atoms with Gasteiger partial charge in [-0.25, -0.2) is 0 Å². The van der Waals surface area contributed by atoms with E-state index >= 15 is 0 Å². The number of nitrogens with zero attached hydrogens (tertiary/aromatic N) is 1. The average Bonchev–Trinajstić information content (AvgIpc) is 2.38. The largest absolute Gasteiger partial charge is 0.385 e. The van der Waals surface area contributed by atoms with E-state index in [4.69, 9.17) is 9.47 Å². The van der Waals surface area contributed by atoms with E-state index < -0.39 is 0 Å². The SMILES string of the molecule is CCCCN1CCOCC1.COCCCC(C)C. The first kappa shape index (κ1) is 17.9. The number of hydrogen-bond acceptors (Lipinski definition) is 3. The van der Waals surface area contributed by atoms with Crippen molar-refractivity contribution in [1.82, 2.24) is 4.90 Å². The molecule has 1 aliphatic heterocycles. The Morgan fingerprint density at radius 2 is 1.83 bits per heavy atom. The second kappa shape index (κ2) is 13.3. The minimum absolute atomic E-state index is 0.824. The third-order valence-electron chi connectivity index (χ3n) is 3.06. The molecular formula is C15H33NO2. The lowest BCUT2D eigenvalue weighted by molar-refractivity contribution is 0.0373. The van der Waals surface area contributed by atoms with Crippen molar-refractivity contribution >= 4 is 0 Å². The van der Waals surface area contributed by atoms with Gasteiger partial charge < -0.3 is 9.47 Å². The zero-order valence-corrected chi connectivity index (χ0v) is 12.9. The molecule has 0 spiro atoms. The highest BCUT2D eigenvalue weighted by molar-refractivity contribution is 4.60. The highest BCUT2D eigenvalue weighted by atomic mass is 16.5. The van der Waals surface area contributed by atoms with E-state index in [2.05, 4.69) is 25.7 Å². The van der Waals surface area contributed by atoms with Gasteiger partial charge in [-0.3, -0.25) is 4.90 Å². The van der Waals surface area contributed by atoms with Gasteiger partial charge in [-0.2, -0.15) is 0 Å². The van der Waals surface area contributed by atoms with Crippen molar-refractivity contribution in [3.05, 3.63) is 0 Å². The van der Waals surface area contributed by atoms with E-state index in [1.165, 1.54) is 32.2 Å². The molecule has 0 aliphatic carbocycles. The Kier molecular flexibility index (Phi) is 13.2. The Bertz CT molecular complexity index is 157. The summed E-state index contributed by atoms with van der Waals surface area (Å²) in [4.78, 5) is 2.48. The Morgan fingerprint density at radius 3 is 2.33 bits per heavy atom. The molecule has 0 aromatic carbocycles. The molecule has 1 saturated heterocycles. The Balaban J connectivity index is 0.000000331.